The monoisotopic (exact) mass is 250 g/mol. The molecule has 17 heavy (non-hydrogen) atoms. The molecule has 0 aliphatic heterocycles. The van der Waals surface area contributed by atoms with E-state index < -0.39 is 12.2 Å². The van der Waals surface area contributed by atoms with Gasteiger partial charge in [0.25, 0.3) is 5.88 Å². The Bertz CT molecular complexity index is 421. The van der Waals surface area contributed by atoms with E-state index in [4.69, 9.17) is 5.73 Å². The first-order valence-corrected chi connectivity index (χ1v) is 4.40. The third-order valence-corrected chi connectivity index (χ3v) is 1.83. The van der Waals surface area contributed by atoms with Crippen molar-refractivity contribution in [1.29, 1.82) is 0 Å². The molecular formula is C9H9F3N2O3. The quantitative estimate of drug-likeness (QED) is 0.814. The van der Waals surface area contributed by atoms with Gasteiger partial charge in [-0.15, -0.1) is 13.2 Å². The van der Waals surface area contributed by atoms with E-state index >= 15 is 0 Å². The molecule has 1 heterocycles. The van der Waals surface area contributed by atoms with E-state index in [0.717, 1.165) is 7.11 Å². The van der Waals surface area contributed by atoms with Crippen molar-refractivity contribution in [2.75, 3.05) is 7.11 Å². The van der Waals surface area contributed by atoms with Gasteiger partial charge in [0.05, 0.1) is 7.11 Å². The molecule has 0 unspecified atom stereocenters. The van der Waals surface area contributed by atoms with Crippen LogP contribution in [-0.4, -0.2) is 24.7 Å². The Morgan fingerprint density at radius 1 is 1.53 bits per heavy atom. The number of nitrogens with two attached hydrogens (primary N) is 1. The van der Waals surface area contributed by atoms with Gasteiger partial charge in [-0.1, -0.05) is 0 Å². The van der Waals surface area contributed by atoms with Gasteiger partial charge < -0.3 is 15.2 Å². The first kappa shape index (κ1) is 13.2. The topological polar surface area (TPSA) is 74.4 Å². The lowest BCUT2D eigenvalue weighted by atomic mass is 10.2. The number of halogens is 3. The minimum absolute atomic E-state index is 0.0519. The molecule has 0 saturated heterocycles. The molecule has 2 N–H and O–H groups in total. The van der Waals surface area contributed by atoms with Gasteiger partial charge in [-0.05, 0) is 11.6 Å². The van der Waals surface area contributed by atoms with Crippen molar-refractivity contribution in [3.63, 3.8) is 0 Å². The number of aldehydes is 1. The molecule has 0 aliphatic rings. The number of alkyl halides is 3. The summed E-state index contributed by atoms with van der Waals surface area (Å²) in [5.41, 5.74) is 5.36. The molecule has 1 aromatic rings. The lowest BCUT2D eigenvalue weighted by molar-refractivity contribution is -0.276. The second-order valence-electron chi connectivity index (χ2n) is 2.91. The normalized spacial score (nSPS) is 11.1. The zero-order chi connectivity index (χ0) is 13.1. The number of hydrogen-bond donors (Lipinski definition) is 1. The third-order valence-electron chi connectivity index (χ3n) is 1.83. The minimum atomic E-state index is -4.91. The Morgan fingerprint density at radius 2 is 2.18 bits per heavy atom. The van der Waals surface area contributed by atoms with Crippen molar-refractivity contribution in [3.8, 4) is 11.6 Å². The summed E-state index contributed by atoms with van der Waals surface area (Å²) >= 11 is 0. The molecule has 1 aromatic heterocycles. The predicted octanol–water partition coefficient (Wildman–Crippen LogP) is 1.26. The van der Waals surface area contributed by atoms with Crippen LogP contribution >= 0.6 is 0 Å². The summed E-state index contributed by atoms with van der Waals surface area (Å²) in [4.78, 5) is 14.0. The molecule has 94 valence electrons. The number of pyridine rings is 1. The summed E-state index contributed by atoms with van der Waals surface area (Å²) in [7, 11) is 1.15. The predicted molar refractivity (Wildman–Crippen MR) is 50.8 cm³/mol. The standard InChI is InChI=1S/C9H9F3N2O3/c1-16-7-2-5(3-13)6(4-15)14-8(7)17-9(10,11)12/h2,4H,3,13H2,1H3. The molecule has 0 radical (unpaired) electrons. The maximum atomic E-state index is 12.0. The van der Waals surface area contributed by atoms with Gasteiger partial charge in [0.1, 0.15) is 5.69 Å². The summed E-state index contributed by atoms with van der Waals surface area (Å²) in [5, 5.41) is 0. The third kappa shape index (κ3) is 3.31. The maximum Gasteiger partial charge on any atom is 0.574 e. The van der Waals surface area contributed by atoms with Crippen molar-refractivity contribution >= 4 is 6.29 Å². The zero-order valence-corrected chi connectivity index (χ0v) is 8.75. The fourth-order valence-electron chi connectivity index (χ4n) is 1.12. The largest absolute Gasteiger partial charge is 0.574 e. The van der Waals surface area contributed by atoms with Crippen LogP contribution in [0.3, 0.4) is 0 Å². The highest BCUT2D eigenvalue weighted by Crippen LogP contribution is 2.31. The van der Waals surface area contributed by atoms with E-state index in [1.807, 2.05) is 0 Å². The Labute approximate surface area is 94.3 Å². The van der Waals surface area contributed by atoms with E-state index in [-0.39, 0.29) is 23.6 Å². The van der Waals surface area contributed by atoms with Crippen molar-refractivity contribution in [2.45, 2.75) is 12.9 Å². The fourth-order valence-corrected chi connectivity index (χ4v) is 1.12. The van der Waals surface area contributed by atoms with Crippen LogP contribution in [0.25, 0.3) is 0 Å². The van der Waals surface area contributed by atoms with E-state index in [1.54, 1.807) is 0 Å². The first-order valence-electron chi connectivity index (χ1n) is 4.40. The van der Waals surface area contributed by atoms with Gasteiger partial charge in [0, 0.05) is 6.54 Å². The van der Waals surface area contributed by atoms with Gasteiger partial charge in [0.15, 0.2) is 12.0 Å². The van der Waals surface area contributed by atoms with Gasteiger partial charge in [0.2, 0.25) is 0 Å². The molecule has 0 atom stereocenters. The summed E-state index contributed by atoms with van der Waals surface area (Å²) in [6.45, 7) is -0.0519. The molecular weight excluding hydrogens is 241 g/mol. The van der Waals surface area contributed by atoms with E-state index in [0.29, 0.717) is 6.29 Å². The second-order valence-corrected chi connectivity index (χ2v) is 2.91. The molecule has 0 aromatic carbocycles. The minimum Gasteiger partial charge on any atom is -0.491 e. The lowest BCUT2D eigenvalue weighted by Crippen LogP contribution is -2.19. The fraction of sp³-hybridized carbons (Fsp3) is 0.333. The van der Waals surface area contributed by atoms with Gasteiger partial charge >= 0.3 is 6.36 Å². The van der Waals surface area contributed by atoms with Gasteiger partial charge in [-0.2, -0.15) is 0 Å². The molecule has 1 rings (SSSR count). The van der Waals surface area contributed by atoms with Crippen LogP contribution in [0, 0.1) is 0 Å². The highest BCUT2D eigenvalue weighted by Gasteiger charge is 2.33. The maximum absolute atomic E-state index is 12.0. The molecule has 0 fully saturated rings. The average molecular weight is 250 g/mol. The zero-order valence-electron chi connectivity index (χ0n) is 8.75. The van der Waals surface area contributed by atoms with Crippen LogP contribution in [0.4, 0.5) is 13.2 Å². The second kappa shape index (κ2) is 5.00. The van der Waals surface area contributed by atoms with Crippen LogP contribution in [-0.2, 0) is 6.54 Å². The molecule has 0 amide bonds. The summed E-state index contributed by atoms with van der Waals surface area (Å²) in [5.74, 6) is -1.06. The number of aromatic nitrogens is 1. The van der Waals surface area contributed by atoms with Crippen LogP contribution in [0.1, 0.15) is 16.1 Å². The number of methoxy groups -OCH3 is 1. The Kier molecular flexibility index (Phi) is 3.89. The Hall–Kier alpha value is -1.83. The molecule has 0 spiro atoms. The van der Waals surface area contributed by atoms with Crippen LogP contribution in [0.5, 0.6) is 11.6 Å². The van der Waals surface area contributed by atoms with Crippen LogP contribution in [0.15, 0.2) is 6.07 Å². The van der Waals surface area contributed by atoms with E-state index in [2.05, 4.69) is 14.5 Å². The molecule has 0 saturated carbocycles. The number of ether oxygens (including phenoxy) is 2. The van der Waals surface area contributed by atoms with Crippen molar-refractivity contribution in [1.82, 2.24) is 4.98 Å². The van der Waals surface area contributed by atoms with E-state index in [1.165, 1.54) is 6.07 Å². The van der Waals surface area contributed by atoms with Crippen LogP contribution in [0.2, 0.25) is 0 Å². The Morgan fingerprint density at radius 3 is 2.59 bits per heavy atom. The number of carbonyl (C=O) groups is 1. The summed E-state index contributed by atoms with van der Waals surface area (Å²) < 4.78 is 44.4. The number of nitrogens with zero attached hydrogens (tertiary/aromatic N) is 1. The highest BCUT2D eigenvalue weighted by atomic mass is 19.4. The molecule has 5 nitrogen and oxygen atoms in total. The first-order chi connectivity index (χ1) is 7.91. The van der Waals surface area contributed by atoms with Crippen molar-refractivity contribution in [3.05, 3.63) is 17.3 Å². The Balaban J connectivity index is 3.24. The number of hydrogen-bond acceptors (Lipinski definition) is 5. The summed E-state index contributed by atoms with van der Waals surface area (Å²) in [6.07, 6.45) is -4.62. The smallest absolute Gasteiger partial charge is 0.491 e. The molecule has 0 bridgehead atoms. The average Bonchev–Trinajstić information content (AvgIpc) is 2.26. The van der Waals surface area contributed by atoms with Crippen LogP contribution < -0.4 is 15.2 Å². The SMILES string of the molecule is COc1cc(CN)c(C=O)nc1OC(F)(F)F. The molecule has 0 aliphatic carbocycles. The summed E-state index contributed by atoms with van der Waals surface area (Å²) in [6, 6.07) is 1.18. The number of rotatable bonds is 4. The van der Waals surface area contributed by atoms with Gasteiger partial charge in [-0.3, -0.25) is 4.79 Å². The van der Waals surface area contributed by atoms with Crippen molar-refractivity contribution < 1.29 is 27.4 Å². The highest BCUT2D eigenvalue weighted by molar-refractivity contribution is 5.75. The number of carbonyl (C=O) groups excluding carboxylic acids is 1. The van der Waals surface area contributed by atoms with E-state index in [9.17, 15) is 18.0 Å². The van der Waals surface area contributed by atoms with Crippen molar-refractivity contribution in [2.24, 2.45) is 5.73 Å². The lowest BCUT2D eigenvalue weighted by Gasteiger charge is -2.13. The van der Waals surface area contributed by atoms with Gasteiger partial charge in [-0.25, -0.2) is 4.98 Å². The molecule has 8 heteroatoms.